The number of anilines is 1. The lowest BCUT2D eigenvalue weighted by molar-refractivity contribution is 1.02. The molecule has 0 unspecified atom stereocenters. The molecular formula is C25H19N. The lowest BCUT2D eigenvalue weighted by Crippen LogP contribution is -2.08. The SMILES string of the molecule is C(#C[C@H](Nc1ccccc1)c1ccc2ccccc2c1)c1ccccc1. The van der Waals surface area contributed by atoms with Crippen LogP contribution < -0.4 is 5.32 Å². The van der Waals surface area contributed by atoms with Gasteiger partial charge >= 0.3 is 0 Å². The molecule has 0 aromatic heterocycles. The lowest BCUT2D eigenvalue weighted by Gasteiger charge is -2.16. The number of fused-ring (bicyclic) bond motifs is 1. The minimum Gasteiger partial charge on any atom is -0.368 e. The summed E-state index contributed by atoms with van der Waals surface area (Å²) in [6.45, 7) is 0. The topological polar surface area (TPSA) is 12.0 Å². The zero-order valence-electron chi connectivity index (χ0n) is 14.4. The van der Waals surface area contributed by atoms with E-state index in [0.717, 1.165) is 16.8 Å². The maximum Gasteiger partial charge on any atom is 0.114 e. The van der Waals surface area contributed by atoms with Crippen LogP contribution in [0.2, 0.25) is 0 Å². The zero-order chi connectivity index (χ0) is 17.6. The second kappa shape index (κ2) is 7.59. The predicted molar refractivity (Wildman–Crippen MR) is 110 cm³/mol. The van der Waals surface area contributed by atoms with Gasteiger partial charge in [0.05, 0.1) is 0 Å². The van der Waals surface area contributed by atoms with Gasteiger partial charge in [0.2, 0.25) is 0 Å². The summed E-state index contributed by atoms with van der Waals surface area (Å²) in [5.41, 5.74) is 3.25. The zero-order valence-corrected chi connectivity index (χ0v) is 14.4. The highest BCUT2D eigenvalue weighted by molar-refractivity contribution is 5.83. The van der Waals surface area contributed by atoms with Crippen LogP contribution in [0.15, 0.2) is 103 Å². The van der Waals surface area contributed by atoms with Crippen LogP contribution in [-0.4, -0.2) is 0 Å². The van der Waals surface area contributed by atoms with Crippen molar-refractivity contribution in [2.45, 2.75) is 6.04 Å². The van der Waals surface area contributed by atoms with Crippen molar-refractivity contribution in [2.75, 3.05) is 5.32 Å². The Morgan fingerprint density at radius 3 is 2.04 bits per heavy atom. The minimum absolute atomic E-state index is 0.0813. The Kier molecular flexibility index (Phi) is 4.67. The second-order valence-corrected chi connectivity index (χ2v) is 6.19. The first-order valence-corrected chi connectivity index (χ1v) is 8.75. The van der Waals surface area contributed by atoms with Crippen molar-refractivity contribution in [3.8, 4) is 11.8 Å². The van der Waals surface area contributed by atoms with Gasteiger partial charge in [0.25, 0.3) is 0 Å². The van der Waals surface area contributed by atoms with Gasteiger partial charge in [-0.15, -0.1) is 0 Å². The Labute approximate surface area is 154 Å². The van der Waals surface area contributed by atoms with E-state index >= 15 is 0 Å². The number of nitrogens with one attached hydrogen (secondary N) is 1. The standard InChI is InChI=1S/C25H19N/c1-3-9-20(10-4-1)15-18-25(26-24-13-5-2-6-14-24)23-17-16-21-11-7-8-12-22(21)19-23/h1-14,16-17,19,25-26H/t25-/m0/s1. The van der Waals surface area contributed by atoms with Gasteiger partial charge in [0, 0.05) is 11.3 Å². The molecule has 0 heterocycles. The quantitative estimate of drug-likeness (QED) is 0.450. The number of rotatable bonds is 3. The molecule has 0 aliphatic rings. The van der Waals surface area contributed by atoms with Crippen LogP contribution in [0, 0.1) is 11.8 Å². The maximum atomic E-state index is 3.56. The number of para-hydroxylation sites is 1. The molecule has 0 fully saturated rings. The summed E-state index contributed by atoms with van der Waals surface area (Å²) < 4.78 is 0. The summed E-state index contributed by atoms with van der Waals surface area (Å²) in [5.74, 6) is 6.70. The number of benzene rings is 4. The summed E-state index contributed by atoms with van der Waals surface area (Å²) in [6, 6.07) is 35.2. The first-order chi connectivity index (χ1) is 12.9. The van der Waals surface area contributed by atoms with E-state index in [0.29, 0.717) is 0 Å². The van der Waals surface area contributed by atoms with Crippen molar-refractivity contribution in [3.63, 3.8) is 0 Å². The molecular weight excluding hydrogens is 314 g/mol. The lowest BCUT2D eigenvalue weighted by atomic mass is 10.0. The fraction of sp³-hybridized carbons (Fsp3) is 0.0400. The van der Waals surface area contributed by atoms with Gasteiger partial charge in [0.15, 0.2) is 0 Å². The molecule has 124 valence electrons. The van der Waals surface area contributed by atoms with E-state index in [4.69, 9.17) is 0 Å². The van der Waals surface area contributed by atoms with Crippen LogP contribution in [0.4, 0.5) is 5.69 Å². The third kappa shape index (κ3) is 3.77. The molecule has 0 saturated carbocycles. The van der Waals surface area contributed by atoms with Gasteiger partial charge in [0.1, 0.15) is 6.04 Å². The van der Waals surface area contributed by atoms with Crippen LogP contribution in [-0.2, 0) is 0 Å². The van der Waals surface area contributed by atoms with E-state index in [-0.39, 0.29) is 6.04 Å². The van der Waals surface area contributed by atoms with Gasteiger partial charge in [-0.2, -0.15) is 0 Å². The molecule has 4 aromatic carbocycles. The molecule has 0 aliphatic carbocycles. The molecule has 0 bridgehead atoms. The molecule has 26 heavy (non-hydrogen) atoms. The second-order valence-electron chi connectivity index (χ2n) is 6.19. The molecule has 1 heteroatoms. The van der Waals surface area contributed by atoms with Crippen molar-refractivity contribution in [1.82, 2.24) is 0 Å². The Balaban J connectivity index is 1.72. The smallest absolute Gasteiger partial charge is 0.114 e. The predicted octanol–water partition coefficient (Wildman–Crippen LogP) is 6.04. The highest BCUT2D eigenvalue weighted by Crippen LogP contribution is 2.23. The van der Waals surface area contributed by atoms with Crippen molar-refractivity contribution in [3.05, 3.63) is 114 Å². The van der Waals surface area contributed by atoms with Crippen molar-refractivity contribution < 1.29 is 0 Å². The largest absolute Gasteiger partial charge is 0.368 e. The third-order valence-corrected chi connectivity index (χ3v) is 4.33. The number of hydrogen-bond donors (Lipinski definition) is 1. The Bertz CT molecular complexity index is 1060. The average Bonchev–Trinajstić information content (AvgIpc) is 2.72. The summed E-state index contributed by atoms with van der Waals surface area (Å²) in [6.07, 6.45) is 0. The van der Waals surface area contributed by atoms with Crippen molar-refractivity contribution >= 4 is 16.5 Å². The monoisotopic (exact) mass is 333 g/mol. The average molecular weight is 333 g/mol. The molecule has 0 aliphatic heterocycles. The molecule has 4 rings (SSSR count). The first kappa shape index (κ1) is 16.0. The van der Waals surface area contributed by atoms with Crippen molar-refractivity contribution in [2.24, 2.45) is 0 Å². The van der Waals surface area contributed by atoms with E-state index in [1.807, 2.05) is 48.5 Å². The molecule has 1 nitrogen and oxygen atoms in total. The molecule has 0 spiro atoms. The molecule has 4 aromatic rings. The van der Waals surface area contributed by atoms with E-state index in [1.54, 1.807) is 0 Å². The fourth-order valence-corrected chi connectivity index (χ4v) is 2.97. The third-order valence-electron chi connectivity index (χ3n) is 4.33. The van der Waals surface area contributed by atoms with Gasteiger partial charge in [-0.05, 0) is 46.7 Å². The van der Waals surface area contributed by atoms with Crippen molar-refractivity contribution in [1.29, 1.82) is 0 Å². The van der Waals surface area contributed by atoms with Gasteiger partial charge in [-0.25, -0.2) is 0 Å². The van der Waals surface area contributed by atoms with Gasteiger partial charge < -0.3 is 5.32 Å². The molecule has 0 radical (unpaired) electrons. The highest BCUT2D eigenvalue weighted by Gasteiger charge is 2.09. The molecule has 1 atom stereocenters. The fourth-order valence-electron chi connectivity index (χ4n) is 2.97. The minimum atomic E-state index is -0.0813. The normalized spacial score (nSPS) is 11.4. The number of hydrogen-bond acceptors (Lipinski definition) is 1. The van der Waals surface area contributed by atoms with Crippen LogP contribution in [0.25, 0.3) is 10.8 Å². The summed E-state index contributed by atoms with van der Waals surface area (Å²) in [5, 5.41) is 6.03. The Morgan fingerprint density at radius 2 is 1.27 bits per heavy atom. The van der Waals surface area contributed by atoms with E-state index in [2.05, 4.69) is 71.8 Å². The van der Waals surface area contributed by atoms with Crippen LogP contribution in [0.5, 0.6) is 0 Å². The summed E-state index contributed by atoms with van der Waals surface area (Å²) in [7, 11) is 0. The molecule has 0 amide bonds. The van der Waals surface area contributed by atoms with E-state index in [1.165, 1.54) is 10.8 Å². The van der Waals surface area contributed by atoms with Gasteiger partial charge in [-0.3, -0.25) is 0 Å². The molecule has 1 N–H and O–H groups in total. The Hall–Kier alpha value is -3.50. The van der Waals surface area contributed by atoms with Crippen LogP contribution >= 0.6 is 0 Å². The summed E-state index contributed by atoms with van der Waals surface area (Å²) >= 11 is 0. The van der Waals surface area contributed by atoms with Crippen LogP contribution in [0.3, 0.4) is 0 Å². The first-order valence-electron chi connectivity index (χ1n) is 8.75. The van der Waals surface area contributed by atoms with E-state index in [9.17, 15) is 0 Å². The summed E-state index contributed by atoms with van der Waals surface area (Å²) in [4.78, 5) is 0. The van der Waals surface area contributed by atoms with Gasteiger partial charge in [-0.1, -0.05) is 84.6 Å². The highest BCUT2D eigenvalue weighted by atomic mass is 14.9. The van der Waals surface area contributed by atoms with Crippen LogP contribution in [0.1, 0.15) is 17.2 Å². The van der Waals surface area contributed by atoms with E-state index < -0.39 is 0 Å². The maximum absolute atomic E-state index is 3.56. The molecule has 0 saturated heterocycles. The Morgan fingerprint density at radius 1 is 0.615 bits per heavy atom.